The van der Waals surface area contributed by atoms with E-state index in [1.54, 1.807) is 0 Å². The summed E-state index contributed by atoms with van der Waals surface area (Å²) in [6.07, 6.45) is 6.21. The Morgan fingerprint density at radius 2 is 1.92 bits per heavy atom. The van der Waals surface area contributed by atoms with Crippen molar-refractivity contribution in [2.45, 2.75) is 45.2 Å². The summed E-state index contributed by atoms with van der Waals surface area (Å²) in [6.45, 7) is 5.45. The van der Waals surface area contributed by atoms with E-state index in [1.165, 1.54) is 6.92 Å². The van der Waals surface area contributed by atoms with Gasteiger partial charge in [0.2, 0.25) is 11.8 Å². The lowest BCUT2D eigenvalue weighted by Gasteiger charge is -2.37. The van der Waals surface area contributed by atoms with E-state index in [9.17, 15) is 9.59 Å². The Bertz CT molecular complexity index is 578. The highest BCUT2D eigenvalue weighted by molar-refractivity contribution is 5.87. The molecule has 2 amide bonds. The van der Waals surface area contributed by atoms with Gasteiger partial charge in [-0.2, -0.15) is 0 Å². The highest BCUT2D eigenvalue weighted by Gasteiger charge is 2.35. The standard InChI is InChI=1S/C19H28N4O2/c1-15(24)21-18(16-6-2-3-7-16)19(25)23-12-10-22(11-13-23)14-17-8-4-5-9-20-17/h4-5,8-9,16,18H,2-3,6-7,10-14H2,1H3,(H,21,24). The Balaban J connectivity index is 1.55. The van der Waals surface area contributed by atoms with Crippen LogP contribution < -0.4 is 5.32 Å². The van der Waals surface area contributed by atoms with Gasteiger partial charge >= 0.3 is 0 Å². The minimum atomic E-state index is -0.345. The number of carbonyl (C=O) groups excluding carboxylic acids is 2. The zero-order valence-electron chi connectivity index (χ0n) is 15.0. The fourth-order valence-corrected chi connectivity index (χ4v) is 3.93. The van der Waals surface area contributed by atoms with Crippen LogP contribution in [0.2, 0.25) is 0 Å². The summed E-state index contributed by atoms with van der Waals surface area (Å²) in [7, 11) is 0. The molecule has 1 saturated heterocycles. The molecule has 0 bridgehead atoms. The van der Waals surface area contributed by atoms with Crippen LogP contribution in [0.1, 0.15) is 38.3 Å². The number of amides is 2. The largest absolute Gasteiger partial charge is 0.344 e. The van der Waals surface area contributed by atoms with Crippen LogP contribution in [0.15, 0.2) is 24.4 Å². The highest BCUT2D eigenvalue weighted by Crippen LogP contribution is 2.29. The van der Waals surface area contributed by atoms with Crippen molar-refractivity contribution in [2.75, 3.05) is 26.2 Å². The van der Waals surface area contributed by atoms with Gasteiger partial charge in [0.15, 0.2) is 0 Å². The zero-order valence-corrected chi connectivity index (χ0v) is 15.0. The number of pyridine rings is 1. The number of piperazine rings is 1. The first-order valence-electron chi connectivity index (χ1n) is 9.31. The van der Waals surface area contributed by atoms with Crippen LogP contribution in [0.3, 0.4) is 0 Å². The zero-order chi connectivity index (χ0) is 17.6. The molecule has 1 atom stereocenters. The van der Waals surface area contributed by atoms with Crippen molar-refractivity contribution in [1.29, 1.82) is 0 Å². The van der Waals surface area contributed by atoms with Crippen LogP contribution in [0, 0.1) is 5.92 Å². The summed E-state index contributed by atoms with van der Waals surface area (Å²) in [5, 5.41) is 2.92. The molecule has 0 aromatic carbocycles. The molecule has 2 fully saturated rings. The van der Waals surface area contributed by atoms with Gasteiger partial charge in [-0.05, 0) is 30.9 Å². The third-order valence-electron chi connectivity index (χ3n) is 5.29. The molecule has 1 aromatic rings. The minimum Gasteiger partial charge on any atom is -0.344 e. The molecule has 6 heteroatoms. The Morgan fingerprint density at radius 1 is 1.20 bits per heavy atom. The second-order valence-electron chi connectivity index (χ2n) is 7.15. The van der Waals surface area contributed by atoms with Gasteiger partial charge in [0.1, 0.15) is 6.04 Å². The third-order valence-corrected chi connectivity index (χ3v) is 5.29. The maximum atomic E-state index is 13.0. The monoisotopic (exact) mass is 344 g/mol. The molecule has 1 unspecified atom stereocenters. The lowest BCUT2D eigenvalue weighted by atomic mass is 9.96. The minimum absolute atomic E-state index is 0.0968. The number of hydrogen-bond donors (Lipinski definition) is 1. The van der Waals surface area contributed by atoms with E-state index in [0.29, 0.717) is 19.0 Å². The van der Waals surface area contributed by atoms with Gasteiger partial charge in [-0.25, -0.2) is 0 Å². The Labute approximate surface area is 149 Å². The topological polar surface area (TPSA) is 65.5 Å². The number of nitrogens with one attached hydrogen (secondary N) is 1. The second-order valence-corrected chi connectivity index (χ2v) is 7.15. The third kappa shape index (κ3) is 4.78. The number of rotatable bonds is 5. The molecule has 1 aliphatic carbocycles. The van der Waals surface area contributed by atoms with Crippen molar-refractivity contribution >= 4 is 11.8 Å². The van der Waals surface area contributed by atoms with Gasteiger partial charge in [0.05, 0.1) is 5.69 Å². The van der Waals surface area contributed by atoms with Crippen molar-refractivity contribution in [2.24, 2.45) is 5.92 Å². The fourth-order valence-electron chi connectivity index (χ4n) is 3.93. The number of nitrogens with zero attached hydrogens (tertiary/aromatic N) is 3. The van der Waals surface area contributed by atoms with E-state index in [0.717, 1.165) is 51.0 Å². The summed E-state index contributed by atoms with van der Waals surface area (Å²) in [4.78, 5) is 33.1. The smallest absolute Gasteiger partial charge is 0.245 e. The second kappa shape index (κ2) is 8.43. The van der Waals surface area contributed by atoms with Gasteiger partial charge in [-0.3, -0.25) is 19.5 Å². The van der Waals surface area contributed by atoms with E-state index < -0.39 is 0 Å². The predicted octanol–water partition coefficient (Wildman–Crippen LogP) is 1.42. The molecule has 1 aromatic heterocycles. The Morgan fingerprint density at radius 3 is 2.52 bits per heavy atom. The summed E-state index contributed by atoms with van der Waals surface area (Å²) in [6, 6.07) is 5.61. The average Bonchev–Trinajstić information content (AvgIpc) is 3.15. The van der Waals surface area contributed by atoms with Gasteiger partial charge in [-0.1, -0.05) is 18.9 Å². The SMILES string of the molecule is CC(=O)NC(C(=O)N1CCN(Cc2ccccn2)CC1)C1CCCC1. The van der Waals surface area contributed by atoms with Crippen LogP contribution >= 0.6 is 0 Å². The first kappa shape index (κ1) is 17.9. The molecule has 1 saturated carbocycles. The summed E-state index contributed by atoms with van der Waals surface area (Å²) in [5.41, 5.74) is 1.06. The number of aromatic nitrogens is 1. The van der Waals surface area contributed by atoms with E-state index >= 15 is 0 Å². The molecule has 6 nitrogen and oxygen atoms in total. The van der Waals surface area contributed by atoms with Crippen molar-refractivity contribution in [3.63, 3.8) is 0 Å². The lowest BCUT2D eigenvalue weighted by molar-refractivity contribution is -0.139. The van der Waals surface area contributed by atoms with Crippen LogP contribution in [-0.2, 0) is 16.1 Å². The molecular weight excluding hydrogens is 316 g/mol. The predicted molar refractivity (Wildman–Crippen MR) is 95.7 cm³/mol. The summed E-state index contributed by atoms with van der Waals surface area (Å²) in [5.74, 6) is 0.279. The maximum absolute atomic E-state index is 13.0. The molecule has 0 spiro atoms. The van der Waals surface area contributed by atoms with Crippen LogP contribution in [-0.4, -0.2) is 58.8 Å². The van der Waals surface area contributed by atoms with E-state index in [2.05, 4.69) is 15.2 Å². The van der Waals surface area contributed by atoms with E-state index in [-0.39, 0.29) is 17.9 Å². The van der Waals surface area contributed by atoms with Crippen molar-refractivity contribution < 1.29 is 9.59 Å². The van der Waals surface area contributed by atoms with Gasteiger partial charge in [0, 0.05) is 45.8 Å². The first-order valence-corrected chi connectivity index (χ1v) is 9.31. The first-order chi connectivity index (χ1) is 12.1. The van der Waals surface area contributed by atoms with Crippen LogP contribution in [0.4, 0.5) is 0 Å². The Kier molecular flexibility index (Phi) is 6.02. The van der Waals surface area contributed by atoms with Crippen molar-refractivity contribution in [1.82, 2.24) is 20.1 Å². The molecule has 1 aliphatic heterocycles. The lowest BCUT2D eigenvalue weighted by Crippen LogP contribution is -2.56. The molecule has 1 N–H and O–H groups in total. The molecule has 0 radical (unpaired) electrons. The van der Waals surface area contributed by atoms with Gasteiger partial charge < -0.3 is 10.2 Å². The van der Waals surface area contributed by atoms with Crippen LogP contribution in [0.5, 0.6) is 0 Å². The molecule has 2 aliphatic rings. The van der Waals surface area contributed by atoms with Gasteiger partial charge in [-0.15, -0.1) is 0 Å². The maximum Gasteiger partial charge on any atom is 0.245 e. The number of carbonyl (C=O) groups is 2. The highest BCUT2D eigenvalue weighted by atomic mass is 16.2. The summed E-state index contributed by atoms with van der Waals surface area (Å²) >= 11 is 0. The molecule has 2 heterocycles. The summed E-state index contributed by atoms with van der Waals surface area (Å²) < 4.78 is 0. The molecule has 3 rings (SSSR count). The van der Waals surface area contributed by atoms with Crippen molar-refractivity contribution in [3.05, 3.63) is 30.1 Å². The number of hydrogen-bond acceptors (Lipinski definition) is 4. The quantitative estimate of drug-likeness (QED) is 0.877. The molecular formula is C19H28N4O2. The van der Waals surface area contributed by atoms with E-state index in [1.807, 2.05) is 29.3 Å². The average molecular weight is 344 g/mol. The normalized spacial score (nSPS) is 20.4. The Hall–Kier alpha value is -1.95. The van der Waals surface area contributed by atoms with Crippen molar-refractivity contribution in [3.8, 4) is 0 Å². The molecule has 25 heavy (non-hydrogen) atoms. The van der Waals surface area contributed by atoms with Gasteiger partial charge in [0.25, 0.3) is 0 Å². The van der Waals surface area contributed by atoms with E-state index in [4.69, 9.17) is 0 Å². The fraction of sp³-hybridized carbons (Fsp3) is 0.632. The molecule has 136 valence electrons. The van der Waals surface area contributed by atoms with Crippen LogP contribution in [0.25, 0.3) is 0 Å².